The second-order valence-electron chi connectivity index (χ2n) is 4.36. The van der Waals surface area contributed by atoms with Crippen molar-refractivity contribution in [2.45, 2.75) is 25.4 Å². The lowest BCUT2D eigenvalue weighted by molar-refractivity contribution is 0.316. The number of nitrogens with zero attached hydrogens (tertiary/aromatic N) is 1. The summed E-state index contributed by atoms with van der Waals surface area (Å²) in [4.78, 5) is 2.15. The lowest BCUT2D eigenvalue weighted by atomic mass is 9.77. The fourth-order valence-electron chi connectivity index (χ4n) is 1.86. The largest absolute Gasteiger partial charge is 0.488 e. The highest BCUT2D eigenvalue weighted by molar-refractivity contribution is 6.59. The second kappa shape index (κ2) is 4.53. The van der Waals surface area contributed by atoms with Crippen LogP contribution in [0.1, 0.15) is 18.4 Å². The summed E-state index contributed by atoms with van der Waals surface area (Å²) < 4.78 is 13.0. The molecule has 0 radical (unpaired) electrons. The minimum Gasteiger partial charge on any atom is -0.423 e. The SMILES string of the molecule is CN(Cc1ccc(F)cc1B(O)O)C1CC1. The van der Waals surface area contributed by atoms with Crippen LogP contribution in [0, 0.1) is 5.82 Å². The predicted octanol–water partition coefficient (Wildman–Crippen LogP) is 0.0997. The molecule has 1 aromatic rings. The first-order valence-electron chi connectivity index (χ1n) is 5.42. The van der Waals surface area contributed by atoms with E-state index in [-0.39, 0.29) is 5.46 Å². The van der Waals surface area contributed by atoms with Gasteiger partial charge in [-0.15, -0.1) is 0 Å². The highest BCUT2D eigenvalue weighted by Gasteiger charge is 2.27. The van der Waals surface area contributed by atoms with Crippen LogP contribution in [0.25, 0.3) is 0 Å². The predicted molar refractivity (Wildman–Crippen MR) is 60.7 cm³/mol. The third kappa shape index (κ3) is 2.61. The van der Waals surface area contributed by atoms with Crippen LogP contribution in [-0.4, -0.2) is 35.2 Å². The maximum absolute atomic E-state index is 13.0. The third-order valence-corrected chi connectivity index (χ3v) is 2.98. The maximum atomic E-state index is 13.0. The van der Waals surface area contributed by atoms with Gasteiger partial charge in [0.2, 0.25) is 0 Å². The number of rotatable bonds is 4. The fraction of sp³-hybridized carbons (Fsp3) is 0.455. The Hall–Kier alpha value is -0.905. The zero-order valence-electron chi connectivity index (χ0n) is 9.23. The van der Waals surface area contributed by atoms with Gasteiger partial charge in [0.1, 0.15) is 5.82 Å². The molecule has 0 saturated heterocycles. The van der Waals surface area contributed by atoms with E-state index in [0.717, 1.165) is 5.56 Å². The summed E-state index contributed by atoms with van der Waals surface area (Å²) >= 11 is 0. The van der Waals surface area contributed by atoms with Crippen molar-refractivity contribution >= 4 is 12.6 Å². The minimum atomic E-state index is -1.61. The van der Waals surface area contributed by atoms with Gasteiger partial charge in [-0.2, -0.15) is 0 Å². The molecule has 2 N–H and O–H groups in total. The summed E-state index contributed by atoms with van der Waals surface area (Å²) in [5.74, 6) is -0.444. The third-order valence-electron chi connectivity index (χ3n) is 2.98. The molecule has 0 heterocycles. The van der Waals surface area contributed by atoms with E-state index in [4.69, 9.17) is 10.0 Å². The first-order valence-corrected chi connectivity index (χ1v) is 5.42. The van der Waals surface area contributed by atoms with E-state index in [1.165, 1.54) is 25.0 Å². The fourth-order valence-corrected chi connectivity index (χ4v) is 1.86. The van der Waals surface area contributed by atoms with Crippen LogP contribution in [0.5, 0.6) is 0 Å². The molecule has 1 saturated carbocycles. The standard InChI is InChI=1S/C11H15BFNO2/c1-14(10-4-5-10)7-8-2-3-9(13)6-11(8)12(15)16/h2-3,6,10,15-16H,4-5,7H2,1H3. The molecule has 0 aromatic heterocycles. The van der Waals surface area contributed by atoms with Crippen molar-refractivity contribution in [2.75, 3.05) is 7.05 Å². The van der Waals surface area contributed by atoms with Crippen molar-refractivity contribution < 1.29 is 14.4 Å². The first-order chi connectivity index (χ1) is 7.58. The van der Waals surface area contributed by atoms with Gasteiger partial charge >= 0.3 is 7.12 Å². The first kappa shape index (κ1) is 11.6. The monoisotopic (exact) mass is 223 g/mol. The Balaban J connectivity index is 2.17. The number of hydrogen-bond donors (Lipinski definition) is 2. The van der Waals surface area contributed by atoms with Crippen molar-refractivity contribution in [3.8, 4) is 0 Å². The Kier molecular flexibility index (Phi) is 3.28. The van der Waals surface area contributed by atoms with Crippen molar-refractivity contribution in [2.24, 2.45) is 0 Å². The molecule has 86 valence electrons. The molecule has 3 nitrogen and oxygen atoms in total. The molecule has 2 rings (SSSR count). The van der Waals surface area contributed by atoms with E-state index >= 15 is 0 Å². The van der Waals surface area contributed by atoms with E-state index in [9.17, 15) is 4.39 Å². The molecular weight excluding hydrogens is 208 g/mol. The van der Waals surface area contributed by atoms with Gasteiger partial charge < -0.3 is 10.0 Å². The quantitative estimate of drug-likeness (QED) is 0.711. The molecule has 0 aliphatic heterocycles. The van der Waals surface area contributed by atoms with Crippen molar-refractivity contribution in [1.29, 1.82) is 0 Å². The van der Waals surface area contributed by atoms with Crippen LogP contribution < -0.4 is 5.46 Å². The molecule has 0 bridgehead atoms. The Bertz CT molecular complexity index is 382. The molecular formula is C11H15BFNO2. The van der Waals surface area contributed by atoms with E-state index < -0.39 is 12.9 Å². The molecule has 1 fully saturated rings. The van der Waals surface area contributed by atoms with Gasteiger partial charge in [0, 0.05) is 12.6 Å². The van der Waals surface area contributed by atoms with Gasteiger partial charge in [0.15, 0.2) is 0 Å². The topological polar surface area (TPSA) is 43.7 Å². The number of benzene rings is 1. The Morgan fingerprint density at radius 2 is 2.12 bits per heavy atom. The summed E-state index contributed by atoms with van der Waals surface area (Å²) in [6.07, 6.45) is 2.38. The average Bonchev–Trinajstić information content (AvgIpc) is 3.03. The highest BCUT2D eigenvalue weighted by Crippen LogP contribution is 2.26. The molecule has 5 heteroatoms. The Morgan fingerprint density at radius 3 is 2.69 bits per heavy atom. The van der Waals surface area contributed by atoms with E-state index in [2.05, 4.69) is 4.90 Å². The lowest BCUT2D eigenvalue weighted by Crippen LogP contribution is -2.35. The summed E-state index contributed by atoms with van der Waals surface area (Å²) in [5, 5.41) is 18.3. The minimum absolute atomic E-state index is 0.257. The van der Waals surface area contributed by atoms with Gasteiger partial charge in [0.05, 0.1) is 0 Å². The highest BCUT2D eigenvalue weighted by atomic mass is 19.1. The van der Waals surface area contributed by atoms with Crippen LogP contribution in [0.15, 0.2) is 18.2 Å². The average molecular weight is 223 g/mol. The molecule has 1 aromatic carbocycles. The summed E-state index contributed by atoms with van der Waals surface area (Å²) in [6.45, 7) is 0.623. The van der Waals surface area contributed by atoms with Gasteiger partial charge in [-0.05, 0) is 43.0 Å². The molecule has 1 aliphatic carbocycles. The summed E-state index contributed by atoms with van der Waals surface area (Å²) in [5.41, 5.74) is 1.03. The van der Waals surface area contributed by atoms with Gasteiger partial charge in [-0.3, -0.25) is 4.90 Å². The number of hydrogen-bond acceptors (Lipinski definition) is 3. The summed E-state index contributed by atoms with van der Waals surface area (Å²) in [7, 11) is 0.382. The van der Waals surface area contributed by atoms with Gasteiger partial charge in [0.25, 0.3) is 0 Å². The molecule has 0 atom stereocenters. The van der Waals surface area contributed by atoms with Crippen molar-refractivity contribution in [3.63, 3.8) is 0 Å². The zero-order chi connectivity index (χ0) is 11.7. The van der Waals surface area contributed by atoms with E-state index in [0.29, 0.717) is 12.6 Å². The molecule has 16 heavy (non-hydrogen) atoms. The van der Waals surface area contributed by atoms with Gasteiger partial charge in [-0.25, -0.2) is 4.39 Å². The van der Waals surface area contributed by atoms with Crippen LogP contribution in [0.4, 0.5) is 4.39 Å². The second-order valence-corrected chi connectivity index (χ2v) is 4.36. The van der Waals surface area contributed by atoms with Crippen LogP contribution in [0.3, 0.4) is 0 Å². The zero-order valence-corrected chi connectivity index (χ0v) is 9.23. The molecule has 0 spiro atoms. The number of halogens is 1. The Labute approximate surface area is 94.7 Å². The van der Waals surface area contributed by atoms with E-state index in [1.54, 1.807) is 6.07 Å². The maximum Gasteiger partial charge on any atom is 0.488 e. The van der Waals surface area contributed by atoms with Crippen molar-refractivity contribution in [3.05, 3.63) is 29.6 Å². The lowest BCUT2D eigenvalue weighted by Gasteiger charge is -2.18. The smallest absolute Gasteiger partial charge is 0.423 e. The van der Waals surface area contributed by atoms with Crippen molar-refractivity contribution in [1.82, 2.24) is 4.90 Å². The molecule has 0 amide bonds. The van der Waals surface area contributed by atoms with Crippen LogP contribution in [0.2, 0.25) is 0 Å². The van der Waals surface area contributed by atoms with Crippen LogP contribution in [-0.2, 0) is 6.54 Å². The van der Waals surface area contributed by atoms with Gasteiger partial charge in [-0.1, -0.05) is 6.07 Å². The Morgan fingerprint density at radius 1 is 1.44 bits per heavy atom. The molecule has 1 aliphatic rings. The normalized spacial score (nSPS) is 15.6. The van der Waals surface area contributed by atoms with E-state index in [1.807, 2.05) is 7.05 Å². The van der Waals surface area contributed by atoms with Crippen LogP contribution >= 0.6 is 0 Å². The summed E-state index contributed by atoms with van der Waals surface area (Å²) in [6, 6.07) is 4.74. The molecule has 0 unspecified atom stereocenters.